The van der Waals surface area contributed by atoms with Gasteiger partial charge in [-0.1, -0.05) is 0 Å². The summed E-state index contributed by atoms with van der Waals surface area (Å²) in [6.45, 7) is 5.83. The van der Waals surface area contributed by atoms with Crippen LogP contribution in [0.1, 0.15) is 11.4 Å². The van der Waals surface area contributed by atoms with E-state index in [-0.39, 0.29) is 0 Å². The van der Waals surface area contributed by atoms with E-state index in [1.165, 1.54) is 0 Å². The van der Waals surface area contributed by atoms with Crippen LogP contribution in [0.25, 0.3) is 0 Å². The number of hydrogen-bond donors (Lipinski definition) is 1. The van der Waals surface area contributed by atoms with Gasteiger partial charge in [0.05, 0.1) is 44.5 Å². The van der Waals surface area contributed by atoms with Crippen molar-refractivity contribution in [1.29, 1.82) is 0 Å². The van der Waals surface area contributed by atoms with E-state index in [2.05, 4.69) is 4.98 Å². The highest BCUT2D eigenvalue weighted by atomic mass is 16.5. The number of nitrogens with zero attached hydrogens (tertiary/aromatic N) is 2. The third-order valence-corrected chi connectivity index (χ3v) is 2.49. The molecule has 0 aliphatic carbocycles. The van der Waals surface area contributed by atoms with Gasteiger partial charge in [0, 0.05) is 12.8 Å². The second-order valence-corrected chi connectivity index (χ2v) is 3.79. The Hall–Kier alpha value is -0.910. The van der Waals surface area contributed by atoms with Crippen molar-refractivity contribution in [2.24, 2.45) is 0 Å². The molecule has 0 bridgehead atoms. The first kappa shape index (κ1) is 13.2. The van der Waals surface area contributed by atoms with Crippen LogP contribution in [0.2, 0.25) is 0 Å². The van der Waals surface area contributed by atoms with Gasteiger partial charge in [0.1, 0.15) is 0 Å². The van der Waals surface area contributed by atoms with E-state index in [0.29, 0.717) is 26.4 Å². The van der Waals surface area contributed by atoms with Crippen molar-refractivity contribution >= 4 is 0 Å². The molecule has 1 N–H and O–H groups in total. The maximum Gasteiger partial charge on any atom is 0.0952 e. The van der Waals surface area contributed by atoms with E-state index in [9.17, 15) is 5.11 Å². The molecular formula is C11H20N2O3. The van der Waals surface area contributed by atoms with Gasteiger partial charge in [-0.3, -0.25) is 0 Å². The molecule has 1 heterocycles. The average Bonchev–Trinajstić information content (AvgIpc) is 2.56. The van der Waals surface area contributed by atoms with Crippen LogP contribution in [0.5, 0.6) is 0 Å². The molecule has 1 aromatic heterocycles. The molecule has 0 amide bonds. The lowest BCUT2D eigenvalue weighted by Crippen LogP contribution is -2.23. The quantitative estimate of drug-likeness (QED) is 0.691. The van der Waals surface area contributed by atoms with Crippen molar-refractivity contribution in [3.05, 3.63) is 17.7 Å². The zero-order chi connectivity index (χ0) is 12.0. The summed E-state index contributed by atoms with van der Waals surface area (Å²) < 4.78 is 12.0. The minimum atomic E-state index is -0.510. The minimum Gasteiger partial charge on any atom is -0.389 e. The Labute approximate surface area is 96.0 Å². The van der Waals surface area contributed by atoms with Gasteiger partial charge in [-0.05, 0) is 13.8 Å². The van der Waals surface area contributed by atoms with Crippen LogP contribution in [0.3, 0.4) is 0 Å². The number of aliphatic hydroxyl groups excluding tert-OH is 1. The highest BCUT2D eigenvalue weighted by Gasteiger charge is 2.08. The fraction of sp³-hybridized carbons (Fsp3) is 0.727. The van der Waals surface area contributed by atoms with E-state index in [4.69, 9.17) is 9.47 Å². The number of aryl methyl sites for hydroxylation is 1. The molecule has 1 rings (SSSR count). The fourth-order valence-corrected chi connectivity index (χ4v) is 1.37. The van der Waals surface area contributed by atoms with Gasteiger partial charge in [0.25, 0.3) is 0 Å². The second kappa shape index (κ2) is 6.62. The van der Waals surface area contributed by atoms with Crippen LogP contribution in [0.15, 0.2) is 6.33 Å². The number of aliphatic hydroxyl groups is 1. The molecule has 0 spiro atoms. The molecule has 0 aliphatic heterocycles. The van der Waals surface area contributed by atoms with Crippen LogP contribution in [-0.2, 0) is 16.0 Å². The summed E-state index contributed by atoms with van der Waals surface area (Å²) in [6.07, 6.45) is 1.23. The Morgan fingerprint density at radius 1 is 1.44 bits per heavy atom. The first-order valence-corrected chi connectivity index (χ1v) is 5.38. The average molecular weight is 228 g/mol. The van der Waals surface area contributed by atoms with Gasteiger partial charge < -0.3 is 19.1 Å². The molecule has 0 saturated heterocycles. The van der Waals surface area contributed by atoms with Gasteiger partial charge in [-0.15, -0.1) is 0 Å². The van der Waals surface area contributed by atoms with E-state index < -0.39 is 6.10 Å². The largest absolute Gasteiger partial charge is 0.389 e. The topological polar surface area (TPSA) is 56.5 Å². The molecule has 5 heteroatoms. The van der Waals surface area contributed by atoms with E-state index in [0.717, 1.165) is 11.4 Å². The molecule has 1 unspecified atom stereocenters. The maximum absolute atomic E-state index is 9.72. The van der Waals surface area contributed by atoms with Crippen LogP contribution in [0.4, 0.5) is 0 Å². The third-order valence-electron chi connectivity index (χ3n) is 2.49. The van der Waals surface area contributed by atoms with Crippen molar-refractivity contribution in [2.45, 2.75) is 26.5 Å². The molecular weight excluding hydrogens is 208 g/mol. The third kappa shape index (κ3) is 3.92. The second-order valence-electron chi connectivity index (χ2n) is 3.79. The van der Waals surface area contributed by atoms with Gasteiger partial charge in [-0.25, -0.2) is 4.98 Å². The predicted octanol–water partition coefficient (Wildman–Crippen LogP) is 0.524. The smallest absolute Gasteiger partial charge is 0.0952 e. The molecule has 1 atom stereocenters. The number of ether oxygens (including phenoxy) is 2. The first-order chi connectivity index (χ1) is 7.65. The summed E-state index contributed by atoms with van der Waals surface area (Å²) in [5, 5.41) is 9.72. The van der Waals surface area contributed by atoms with Crippen molar-refractivity contribution in [2.75, 3.05) is 26.9 Å². The SMILES string of the molecule is COCCOCC(O)Cn1cnc(C)c1C. The van der Waals surface area contributed by atoms with Crippen LogP contribution >= 0.6 is 0 Å². The summed E-state index contributed by atoms with van der Waals surface area (Å²) in [6, 6.07) is 0. The number of imidazole rings is 1. The molecule has 0 saturated carbocycles. The van der Waals surface area contributed by atoms with Crippen LogP contribution in [0, 0.1) is 13.8 Å². The van der Waals surface area contributed by atoms with Crippen molar-refractivity contribution < 1.29 is 14.6 Å². The lowest BCUT2D eigenvalue weighted by molar-refractivity contribution is 0.00703. The number of hydrogen-bond acceptors (Lipinski definition) is 4. The fourth-order valence-electron chi connectivity index (χ4n) is 1.37. The Morgan fingerprint density at radius 3 is 2.75 bits per heavy atom. The van der Waals surface area contributed by atoms with Crippen molar-refractivity contribution in [1.82, 2.24) is 9.55 Å². The summed E-state index contributed by atoms with van der Waals surface area (Å²) >= 11 is 0. The summed E-state index contributed by atoms with van der Waals surface area (Å²) in [5.41, 5.74) is 2.07. The lowest BCUT2D eigenvalue weighted by Gasteiger charge is -2.13. The number of aromatic nitrogens is 2. The zero-order valence-electron chi connectivity index (χ0n) is 10.1. The summed E-state index contributed by atoms with van der Waals surface area (Å²) in [7, 11) is 1.62. The normalized spacial score (nSPS) is 13.0. The van der Waals surface area contributed by atoms with Crippen LogP contribution in [-0.4, -0.2) is 47.7 Å². The molecule has 0 aromatic carbocycles. The predicted molar refractivity (Wildman–Crippen MR) is 60.4 cm³/mol. The minimum absolute atomic E-state index is 0.319. The Kier molecular flexibility index (Phi) is 5.45. The molecule has 5 nitrogen and oxygen atoms in total. The molecule has 1 aromatic rings. The molecule has 0 radical (unpaired) electrons. The Bertz CT molecular complexity index is 312. The van der Waals surface area contributed by atoms with Gasteiger partial charge >= 0.3 is 0 Å². The summed E-state index contributed by atoms with van der Waals surface area (Å²) in [5.74, 6) is 0. The highest BCUT2D eigenvalue weighted by Crippen LogP contribution is 2.05. The maximum atomic E-state index is 9.72. The van der Waals surface area contributed by atoms with Gasteiger partial charge in [-0.2, -0.15) is 0 Å². The zero-order valence-corrected chi connectivity index (χ0v) is 10.1. The highest BCUT2D eigenvalue weighted by molar-refractivity contribution is 5.08. The van der Waals surface area contributed by atoms with E-state index in [1.807, 2.05) is 18.4 Å². The number of rotatable bonds is 7. The van der Waals surface area contributed by atoms with Gasteiger partial charge in [0.15, 0.2) is 0 Å². The molecule has 16 heavy (non-hydrogen) atoms. The van der Waals surface area contributed by atoms with Crippen molar-refractivity contribution in [3.8, 4) is 0 Å². The molecule has 92 valence electrons. The van der Waals surface area contributed by atoms with Crippen molar-refractivity contribution in [3.63, 3.8) is 0 Å². The first-order valence-electron chi connectivity index (χ1n) is 5.38. The van der Waals surface area contributed by atoms with E-state index in [1.54, 1.807) is 13.4 Å². The monoisotopic (exact) mass is 228 g/mol. The Balaban J connectivity index is 2.28. The summed E-state index contributed by atoms with van der Waals surface area (Å²) in [4.78, 5) is 4.17. The Morgan fingerprint density at radius 2 is 2.19 bits per heavy atom. The van der Waals surface area contributed by atoms with E-state index >= 15 is 0 Å². The van der Waals surface area contributed by atoms with Gasteiger partial charge in [0.2, 0.25) is 0 Å². The van der Waals surface area contributed by atoms with Crippen LogP contribution < -0.4 is 0 Å². The lowest BCUT2D eigenvalue weighted by atomic mass is 10.3. The number of methoxy groups -OCH3 is 1. The standard InChI is InChI=1S/C11H20N2O3/c1-9-10(2)13(8-12-9)6-11(14)7-16-5-4-15-3/h8,11,14H,4-7H2,1-3H3. The molecule has 0 aliphatic rings. The molecule has 0 fully saturated rings.